The van der Waals surface area contributed by atoms with Crippen molar-refractivity contribution < 1.29 is 4.74 Å². The van der Waals surface area contributed by atoms with E-state index in [9.17, 15) is 0 Å². The highest BCUT2D eigenvalue weighted by Gasteiger charge is 2.16. The molecule has 0 radical (unpaired) electrons. The molecule has 0 aliphatic carbocycles. The predicted molar refractivity (Wildman–Crippen MR) is 73.5 cm³/mol. The number of hydrogen-bond acceptors (Lipinski definition) is 2. The lowest BCUT2D eigenvalue weighted by atomic mass is 9.95. The first-order valence-electron chi connectivity index (χ1n) is 5.44. The molecule has 0 atom stereocenters. The minimum absolute atomic E-state index is 0.168. The molecule has 0 saturated heterocycles. The highest BCUT2D eigenvalue weighted by atomic mass is 35.5. The number of methoxy groups -OCH3 is 1. The Kier molecular flexibility index (Phi) is 4.04. The number of rotatable bonds is 2. The van der Waals surface area contributed by atoms with Crippen LogP contribution in [0.25, 0.3) is 0 Å². The summed E-state index contributed by atoms with van der Waals surface area (Å²) in [5.74, 6) is 1.20. The van der Waals surface area contributed by atoms with E-state index in [0.29, 0.717) is 22.3 Å². The molecule has 0 aliphatic rings. The molecule has 4 heteroatoms. The van der Waals surface area contributed by atoms with Crippen LogP contribution in [-0.2, 0) is 0 Å². The molecule has 0 fully saturated rings. The molecule has 0 aliphatic heterocycles. The molecule has 94 valence electrons. The average molecular weight is 255 g/mol. The summed E-state index contributed by atoms with van der Waals surface area (Å²) < 4.78 is 5.25. The molecule has 3 nitrogen and oxygen atoms in total. The van der Waals surface area contributed by atoms with E-state index in [4.69, 9.17) is 22.1 Å². The Morgan fingerprint density at radius 2 is 1.94 bits per heavy atom. The SMILES string of the molecule is COc1cc(Cl)c(C)cc1N=C(N)C(C)(C)C. The molecule has 0 aromatic heterocycles. The maximum absolute atomic E-state index is 6.03. The van der Waals surface area contributed by atoms with Gasteiger partial charge in [-0.2, -0.15) is 0 Å². The minimum Gasteiger partial charge on any atom is -0.494 e. The first-order chi connectivity index (χ1) is 7.75. The first kappa shape index (κ1) is 13.8. The lowest BCUT2D eigenvalue weighted by Gasteiger charge is -2.18. The van der Waals surface area contributed by atoms with E-state index < -0.39 is 0 Å². The summed E-state index contributed by atoms with van der Waals surface area (Å²) in [4.78, 5) is 4.41. The average Bonchev–Trinajstić information content (AvgIpc) is 2.21. The van der Waals surface area contributed by atoms with Gasteiger partial charge >= 0.3 is 0 Å². The third-order valence-corrected chi connectivity index (χ3v) is 2.88. The summed E-state index contributed by atoms with van der Waals surface area (Å²) in [6, 6.07) is 3.63. The van der Waals surface area contributed by atoms with Crippen molar-refractivity contribution in [3.05, 3.63) is 22.7 Å². The van der Waals surface area contributed by atoms with Crippen LogP contribution in [0.15, 0.2) is 17.1 Å². The molecule has 0 amide bonds. The zero-order valence-corrected chi connectivity index (χ0v) is 11.7. The number of nitrogens with zero attached hydrogens (tertiary/aromatic N) is 1. The van der Waals surface area contributed by atoms with Gasteiger partial charge in [0.25, 0.3) is 0 Å². The van der Waals surface area contributed by atoms with E-state index in [-0.39, 0.29) is 5.41 Å². The summed E-state index contributed by atoms with van der Waals surface area (Å²) in [6.07, 6.45) is 0. The molecule has 1 rings (SSSR count). The van der Waals surface area contributed by atoms with E-state index in [1.54, 1.807) is 13.2 Å². The zero-order valence-electron chi connectivity index (χ0n) is 11.0. The van der Waals surface area contributed by atoms with Crippen LogP contribution in [-0.4, -0.2) is 12.9 Å². The highest BCUT2D eigenvalue weighted by molar-refractivity contribution is 6.31. The second kappa shape index (κ2) is 4.96. The van der Waals surface area contributed by atoms with E-state index in [2.05, 4.69) is 4.99 Å². The lowest BCUT2D eigenvalue weighted by molar-refractivity contribution is 0.416. The molecular formula is C13H19ClN2O. The molecule has 17 heavy (non-hydrogen) atoms. The van der Waals surface area contributed by atoms with Crippen LogP contribution in [0, 0.1) is 12.3 Å². The number of halogens is 1. The number of hydrogen-bond donors (Lipinski definition) is 1. The van der Waals surface area contributed by atoms with Crippen molar-refractivity contribution >= 4 is 23.1 Å². The van der Waals surface area contributed by atoms with E-state index in [1.807, 2.05) is 33.8 Å². The molecule has 2 N–H and O–H groups in total. The van der Waals surface area contributed by atoms with Crippen LogP contribution in [0.2, 0.25) is 5.02 Å². The molecule has 1 aromatic carbocycles. The summed E-state index contributed by atoms with van der Waals surface area (Å²) in [7, 11) is 1.59. The Hall–Kier alpha value is -1.22. The fourth-order valence-electron chi connectivity index (χ4n) is 1.20. The van der Waals surface area contributed by atoms with Crippen molar-refractivity contribution in [1.82, 2.24) is 0 Å². The molecule has 1 aromatic rings. The maximum Gasteiger partial charge on any atom is 0.146 e. The fourth-order valence-corrected chi connectivity index (χ4v) is 1.35. The number of ether oxygens (including phenoxy) is 1. The van der Waals surface area contributed by atoms with Gasteiger partial charge in [-0.15, -0.1) is 0 Å². The Labute approximate surface area is 108 Å². The standard InChI is InChI=1S/C13H19ClN2O/c1-8-6-10(11(17-5)7-9(8)14)16-12(15)13(2,3)4/h6-7H,1-5H3,(H2,15,16). The molecule has 0 spiro atoms. The highest BCUT2D eigenvalue weighted by Crippen LogP contribution is 2.34. The van der Waals surface area contributed by atoms with Crippen molar-refractivity contribution in [2.75, 3.05) is 7.11 Å². The minimum atomic E-state index is -0.168. The second-order valence-electron chi connectivity index (χ2n) is 5.02. The van der Waals surface area contributed by atoms with Gasteiger partial charge in [0.1, 0.15) is 17.3 Å². The number of amidine groups is 1. The lowest BCUT2D eigenvalue weighted by Crippen LogP contribution is -2.28. The number of aryl methyl sites for hydroxylation is 1. The molecule has 0 heterocycles. The van der Waals surface area contributed by atoms with Crippen molar-refractivity contribution in [3.63, 3.8) is 0 Å². The summed E-state index contributed by atoms with van der Waals surface area (Å²) >= 11 is 6.03. The fraction of sp³-hybridized carbons (Fsp3) is 0.462. The Morgan fingerprint density at radius 1 is 1.35 bits per heavy atom. The third-order valence-electron chi connectivity index (χ3n) is 2.47. The quantitative estimate of drug-likeness (QED) is 0.646. The van der Waals surface area contributed by atoms with Crippen LogP contribution >= 0.6 is 11.6 Å². The number of aliphatic imine (C=N–C) groups is 1. The molecule has 0 bridgehead atoms. The van der Waals surface area contributed by atoms with Gasteiger partial charge < -0.3 is 10.5 Å². The molecule has 0 unspecified atom stereocenters. The maximum atomic E-state index is 6.03. The first-order valence-corrected chi connectivity index (χ1v) is 5.82. The predicted octanol–water partition coefficient (Wildman–Crippen LogP) is 3.69. The molecular weight excluding hydrogens is 236 g/mol. The van der Waals surface area contributed by atoms with Crippen molar-refractivity contribution in [2.24, 2.45) is 16.1 Å². The number of benzene rings is 1. The Balaban J connectivity index is 3.27. The van der Waals surface area contributed by atoms with Crippen LogP contribution in [0.3, 0.4) is 0 Å². The van der Waals surface area contributed by atoms with Gasteiger partial charge in [-0.25, -0.2) is 4.99 Å². The summed E-state index contributed by atoms with van der Waals surface area (Å²) in [5.41, 5.74) is 7.45. The van der Waals surface area contributed by atoms with Gasteiger partial charge in [-0.05, 0) is 18.6 Å². The Morgan fingerprint density at radius 3 is 2.41 bits per heavy atom. The van der Waals surface area contributed by atoms with E-state index in [0.717, 1.165) is 5.56 Å². The van der Waals surface area contributed by atoms with Crippen LogP contribution in [0.1, 0.15) is 26.3 Å². The van der Waals surface area contributed by atoms with Crippen molar-refractivity contribution in [2.45, 2.75) is 27.7 Å². The summed E-state index contributed by atoms with van der Waals surface area (Å²) in [6.45, 7) is 7.97. The van der Waals surface area contributed by atoms with Gasteiger partial charge in [0.05, 0.1) is 7.11 Å². The van der Waals surface area contributed by atoms with E-state index >= 15 is 0 Å². The van der Waals surface area contributed by atoms with Gasteiger partial charge in [0.2, 0.25) is 0 Å². The largest absolute Gasteiger partial charge is 0.494 e. The summed E-state index contributed by atoms with van der Waals surface area (Å²) in [5, 5.41) is 0.662. The topological polar surface area (TPSA) is 47.6 Å². The van der Waals surface area contributed by atoms with Gasteiger partial charge in [-0.3, -0.25) is 0 Å². The van der Waals surface area contributed by atoms with Crippen LogP contribution in [0.4, 0.5) is 5.69 Å². The van der Waals surface area contributed by atoms with Gasteiger partial charge in [0, 0.05) is 16.5 Å². The smallest absolute Gasteiger partial charge is 0.146 e. The van der Waals surface area contributed by atoms with Crippen LogP contribution < -0.4 is 10.5 Å². The second-order valence-corrected chi connectivity index (χ2v) is 5.43. The Bertz CT molecular complexity index is 447. The third kappa shape index (κ3) is 3.37. The number of nitrogens with two attached hydrogens (primary N) is 1. The van der Waals surface area contributed by atoms with Gasteiger partial charge in [-0.1, -0.05) is 32.4 Å². The van der Waals surface area contributed by atoms with Gasteiger partial charge in [0.15, 0.2) is 0 Å². The molecule has 0 saturated carbocycles. The van der Waals surface area contributed by atoms with Crippen LogP contribution in [0.5, 0.6) is 5.75 Å². The van der Waals surface area contributed by atoms with Crippen molar-refractivity contribution in [1.29, 1.82) is 0 Å². The monoisotopic (exact) mass is 254 g/mol. The van der Waals surface area contributed by atoms with E-state index in [1.165, 1.54) is 0 Å². The normalized spacial score (nSPS) is 12.7. The van der Waals surface area contributed by atoms with Crippen molar-refractivity contribution in [3.8, 4) is 5.75 Å². The zero-order chi connectivity index (χ0) is 13.2.